The lowest BCUT2D eigenvalue weighted by Gasteiger charge is -2.25. The molecule has 0 heterocycles. The first-order valence-corrected chi connectivity index (χ1v) is 13.2. The Morgan fingerprint density at radius 2 is 1.33 bits per heavy atom. The van der Waals surface area contributed by atoms with E-state index in [9.17, 15) is 16.8 Å². The van der Waals surface area contributed by atoms with Gasteiger partial charge in [-0.1, -0.05) is 12.1 Å². The zero-order valence-electron chi connectivity index (χ0n) is 17.6. The van der Waals surface area contributed by atoms with E-state index in [4.69, 9.17) is 4.74 Å². The van der Waals surface area contributed by atoms with Gasteiger partial charge in [0.05, 0.1) is 12.5 Å². The van der Waals surface area contributed by atoms with Crippen molar-refractivity contribution in [2.45, 2.75) is 19.4 Å². The number of rotatable bonds is 11. The number of hydrogen-bond donors (Lipinski definition) is 2. The number of sulfonamides is 2. The van der Waals surface area contributed by atoms with Crippen LogP contribution in [-0.4, -0.2) is 60.5 Å². The summed E-state index contributed by atoms with van der Waals surface area (Å²) in [6, 6.07) is 14.4. The summed E-state index contributed by atoms with van der Waals surface area (Å²) in [6.45, 7) is 3.34. The average molecular weight is 456 g/mol. The smallest absolute Gasteiger partial charge is 0.229 e. The summed E-state index contributed by atoms with van der Waals surface area (Å²) in [4.78, 5) is 2.18. The monoisotopic (exact) mass is 455 g/mol. The van der Waals surface area contributed by atoms with E-state index < -0.39 is 20.0 Å². The first kappa shape index (κ1) is 24.0. The third-order valence-corrected chi connectivity index (χ3v) is 5.62. The second-order valence-corrected chi connectivity index (χ2v) is 10.8. The molecular weight excluding hydrogens is 426 g/mol. The van der Waals surface area contributed by atoms with Crippen molar-refractivity contribution in [1.82, 2.24) is 4.90 Å². The molecule has 0 spiro atoms. The van der Waals surface area contributed by atoms with E-state index in [1.807, 2.05) is 19.2 Å². The topological polar surface area (TPSA) is 105 Å². The third-order valence-electron chi connectivity index (χ3n) is 4.41. The van der Waals surface area contributed by atoms with Crippen LogP contribution >= 0.6 is 0 Å². The highest BCUT2D eigenvalue weighted by Gasteiger charge is 2.11. The maximum absolute atomic E-state index is 11.3. The summed E-state index contributed by atoms with van der Waals surface area (Å²) in [5, 5.41) is 0. The van der Waals surface area contributed by atoms with Crippen molar-refractivity contribution in [3.63, 3.8) is 0 Å². The fourth-order valence-electron chi connectivity index (χ4n) is 2.78. The van der Waals surface area contributed by atoms with E-state index in [2.05, 4.69) is 21.3 Å². The van der Waals surface area contributed by atoms with Crippen LogP contribution in [0.15, 0.2) is 48.5 Å². The van der Waals surface area contributed by atoms with E-state index in [-0.39, 0.29) is 6.04 Å². The fraction of sp³-hybridized carbons (Fsp3) is 0.400. The fourth-order valence-corrected chi connectivity index (χ4v) is 3.91. The van der Waals surface area contributed by atoms with E-state index in [0.717, 1.165) is 31.0 Å². The number of nitrogens with one attached hydrogen (secondary N) is 2. The van der Waals surface area contributed by atoms with Crippen LogP contribution in [0.2, 0.25) is 0 Å². The van der Waals surface area contributed by atoms with Gasteiger partial charge in [-0.25, -0.2) is 16.8 Å². The number of benzene rings is 2. The summed E-state index contributed by atoms with van der Waals surface area (Å²) in [7, 11) is -4.54. The Kier molecular flexibility index (Phi) is 8.10. The van der Waals surface area contributed by atoms with E-state index in [1.54, 1.807) is 36.4 Å². The molecule has 166 valence electrons. The minimum absolute atomic E-state index is 0.267. The minimum Gasteiger partial charge on any atom is -0.492 e. The van der Waals surface area contributed by atoms with Crippen LogP contribution in [0.1, 0.15) is 12.5 Å². The maximum Gasteiger partial charge on any atom is 0.229 e. The van der Waals surface area contributed by atoms with Crippen LogP contribution < -0.4 is 14.2 Å². The predicted octanol–water partition coefficient (Wildman–Crippen LogP) is 2.37. The second kappa shape index (κ2) is 10.1. The van der Waals surface area contributed by atoms with Crippen LogP contribution in [0.3, 0.4) is 0 Å². The molecule has 2 rings (SSSR count). The molecule has 2 aromatic rings. The number of hydrogen-bond acceptors (Lipinski definition) is 6. The lowest BCUT2D eigenvalue weighted by Crippen LogP contribution is -2.34. The van der Waals surface area contributed by atoms with Crippen molar-refractivity contribution in [3.8, 4) is 5.75 Å². The number of ether oxygens (including phenoxy) is 1. The molecule has 1 atom stereocenters. The Hall–Kier alpha value is -2.30. The molecule has 1 unspecified atom stereocenters. The van der Waals surface area contributed by atoms with Crippen molar-refractivity contribution < 1.29 is 21.6 Å². The van der Waals surface area contributed by atoms with Gasteiger partial charge < -0.3 is 4.74 Å². The largest absolute Gasteiger partial charge is 0.492 e. The van der Waals surface area contributed by atoms with Gasteiger partial charge in [-0.05, 0) is 62.4 Å². The maximum atomic E-state index is 11.3. The average Bonchev–Trinajstić information content (AvgIpc) is 2.62. The van der Waals surface area contributed by atoms with Gasteiger partial charge in [-0.2, -0.15) is 0 Å². The highest BCUT2D eigenvalue weighted by atomic mass is 32.2. The second-order valence-electron chi connectivity index (χ2n) is 7.35. The Bertz CT molecular complexity index is 1020. The Labute approximate surface area is 179 Å². The standard InChI is InChI=1S/C20H29N3O5S2/c1-16(15-17-5-7-18(8-6-17)21-29(3,24)25)23(2)13-14-28-20-11-9-19(10-12-20)22-30(4,26)27/h5-12,16,21-22H,13-15H2,1-4H3. The summed E-state index contributed by atoms with van der Waals surface area (Å²) >= 11 is 0. The molecule has 0 amide bonds. The van der Waals surface area contributed by atoms with Crippen LogP contribution in [0, 0.1) is 0 Å². The molecule has 0 fully saturated rings. The number of anilines is 2. The Balaban J connectivity index is 1.78. The van der Waals surface area contributed by atoms with Gasteiger partial charge in [0.2, 0.25) is 20.0 Å². The van der Waals surface area contributed by atoms with Crippen LogP contribution in [0.4, 0.5) is 11.4 Å². The lowest BCUT2D eigenvalue weighted by atomic mass is 10.1. The highest BCUT2D eigenvalue weighted by Crippen LogP contribution is 2.17. The van der Waals surface area contributed by atoms with Gasteiger partial charge in [-0.3, -0.25) is 14.3 Å². The molecule has 0 radical (unpaired) electrons. The van der Waals surface area contributed by atoms with Crippen molar-refractivity contribution >= 4 is 31.4 Å². The minimum atomic E-state index is -3.29. The first-order valence-electron chi connectivity index (χ1n) is 9.39. The third kappa shape index (κ3) is 9.02. The normalized spacial score (nSPS) is 13.1. The van der Waals surface area contributed by atoms with Crippen molar-refractivity contribution in [2.24, 2.45) is 0 Å². The van der Waals surface area contributed by atoms with Gasteiger partial charge in [0.25, 0.3) is 0 Å². The molecule has 0 aromatic heterocycles. The number of nitrogens with zero attached hydrogens (tertiary/aromatic N) is 1. The molecule has 0 bridgehead atoms. The van der Waals surface area contributed by atoms with Gasteiger partial charge >= 0.3 is 0 Å². The summed E-state index contributed by atoms with van der Waals surface area (Å²) in [5.74, 6) is 0.670. The zero-order valence-corrected chi connectivity index (χ0v) is 19.3. The molecule has 10 heteroatoms. The quantitative estimate of drug-likeness (QED) is 0.539. The van der Waals surface area contributed by atoms with E-state index in [0.29, 0.717) is 23.7 Å². The summed E-state index contributed by atoms with van der Waals surface area (Å²) in [6.07, 6.45) is 3.05. The summed E-state index contributed by atoms with van der Waals surface area (Å²) in [5.41, 5.74) is 2.16. The highest BCUT2D eigenvalue weighted by molar-refractivity contribution is 7.92. The van der Waals surface area contributed by atoms with Crippen LogP contribution in [0.25, 0.3) is 0 Å². The van der Waals surface area contributed by atoms with E-state index >= 15 is 0 Å². The van der Waals surface area contributed by atoms with Crippen LogP contribution in [0.5, 0.6) is 5.75 Å². The van der Waals surface area contributed by atoms with Gasteiger partial charge in [0, 0.05) is 24.0 Å². The van der Waals surface area contributed by atoms with Crippen LogP contribution in [-0.2, 0) is 26.5 Å². The molecule has 0 saturated carbocycles. The molecule has 0 saturated heterocycles. The van der Waals surface area contributed by atoms with Gasteiger partial charge in [0.15, 0.2) is 0 Å². The van der Waals surface area contributed by atoms with Gasteiger partial charge in [-0.15, -0.1) is 0 Å². The summed E-state index contributed by atoms with van der Waals surface area (Å²) < 4.78 is 55.6. The zero-order chi connectivity index (χ0) is 22.4. The molecule has 30 heavy (non-hydrogen) atoms. The van der Waals surface area contributed by atoms with Crippen molar-refractivity contribution in [1.29, 1.82) is 0 Å². The Morgan fingerprint density at radius 3 is 1.80 bits per heavy atom. The molecule has 2 N–H and O–H groups in total. The molecule has 0 aliphatic heterocycles. The predicted molar refractivity (Wildman–Crippen MR) is 121 cm³/mol. The molecule has 2 aromatic carbocycles. The van der Waals surface area contributed by atoms with Gasteiger partial charge in [0.1, 0.15) is 12.4 Å². The molecular formula is C20H29N3O5S2. The van der Waals surface area contributed by atoms with Crippen molar-refractivity contribution in [3.05, 3.63) is 54.1 Å². The first-order chi connectivity index (χ1) is 13.9. The SMILES string of the molecule is CC(Cc1ccc(NS(C)(=O)=O)cc1)N(C)CCOc1ccc(NS(C)(=O)=O)cc1. The lowest BCUT2D eigenvalue weighted by molar-refractivity contribution is 0.199. The van der Waals surface area contributed by atoms with Crippen molar-refractivity contribution in [2.75, 3.05) is 42.2 Å². The molecule has 8 nitrogen and oxygen atoms in total. The number of likely N-dealkylation sites (N-methyl/N-ethyl adjacent to an activating group) is 1. The molecule has 0 aliphatic carbocycles. The Morgan fingerprint density at radius 1 is 0.867 bits per heavy atom. The molecule has 0 aliphatic rings. The van der Waals surface area contributed by atoms with E-state index in [1.165, 1.54) is 0 Å².